The maximum atomic E-state index is 12.9. The number of nitrogens with one attached hydrogen (secondary N) is 1. The summed E-state index contributed by atoms with van der Waals surface area (Å²) in [7, 11) is -3.72. The van der Waals surface area contributed by atoms with Gasteiger partial charge in [-0.1, -0.05) is 71.4 Å². The SMILES string of the molecule is O=C1Nc2cc(S(=O)(=O)Cc3c(Cl)cccc3Cl)ccc2SC1=Cc1ccccc1. The molecular weight excluding hydrogens is 461 g/mol. The van der Waals surface area contributed by atoms with Crippen molar-refractivity contribution in [3.63, 3.8) is 0 Å². The van der Waals surface area contributed by atoms with Crippen LogP contribution in [0.3, 0.4) is 0 Å². The molecule has 0 radical (unpaired) electrons. The Balaban J connectivity index is 1.63. The average molecular weight is 476 g/mol. The van der Waals surface area contributed by atoms with E-state index in [1.165, 1.54) is 23.9 Å². The zero-order valence-electron chi connectivity index (χ0n) is 15.4. The number of hydrogen-bond acceptors (Lipinski definition) is 4. The lowest BCUT2D eigenvalue weighted by Gasteiger charge is -2.19. The Morgan fingerprint density at radius 1 is 0.933 bits per heavy atom. The van der Waals surface area contributed by atoms with Crippen LogP contribution in [0.15, 0.2) is 81.4 Å². The minimum Gasteiger partial charge on any atom is -0.320 e. The van der Waals surface area contributed by atoms with E-state index < -0.39 is 9.84 Å². The summed E-state index contributed by atoms with van der Waals surface area (Å²) in [5, 5.41) is 3.37. The molecule has 0 unspecified atom stereocenters. The quantitative estimate of drug-likeness (QED) is 0.466. The standard InChI is InChI=1S/C22H15Cl2NO3S2/c23-17-7-4-8-18(24)16(17)13-30(27,28)15-9-10-20-19(12-15)25-22(26)21(29-20)11-14-5-2-1-3-6-14/h1-12H,13H2,(H,25,26). The van der Waals surface area contributed by atoms with Crippen LogP contribution in [-0.4, -0.2) is 14.3 Å². The van der Waals surface area contributed by atoms with E-state index in [0.29, 0.717) is 26.2 Å². The van der Waals surface area contributed by atoms with Gasteiger partial charge in [0.2, 0.25) is 0 Å². The minimum atomic E-state index is -3.72. The molecule has 30 heavy (non-hydrogen) atoms. The van der Waals surface area contributed by atoms with E-state index in [1.807, 2.05) is 30.3 Å². The Labute approximate surface area is 188 Å². The van der Waals surface area contributed by atoms with Gasteiger partial charge in [0.1, 0.15) is 0 Å². The molecule has 3 aromatic carbocycles. The average Bonchev–Trinajstić information content (AvgIpc) is 2.72. The molecular formula is C22H15Cl2NO3S2. The van der Waals surface area contributed by atoms with E-state index in [1.54, 1.807) is 30.3 Å². The smallest absolute Gasteiger partial charge is 0.262 e. The lowest BCUT2D eigenvalue weighted by Crippen LogP contribution is -2.18. The molecule has 0 bridgehead atoms. The summed E-state index contributed by atoms with van der Waals surface area (Å²) >= 11 is 13.5. The fourth-order valence-electron chi connectivity index (χ4n) is 2.98. The molecule has 1 aliphatic heterocycles. The molecule has 1 heterocycles. The Bertz CT molecular complexity index is 1250. The summed E-state index contributed by atoms with van der Waals surface area (Å²) in [5.74, 6) is -0.607. The van der Waals surface area contributed by atoms with Gasteiger partial charge in [-0.25, -0.2) is 8.42 Å². The normalized spacial score (nSPS) is 15.0. The van der Waals surface area contributed by atoms with Crippen LogP contribution >= 0.6 is 35.0 Å². The Morgan fingerprint density at radius 2 is 1.63 bits per heavy atom. The molecule has 152 valence electrons. The van der Waals surface area contributed by atoms with Crippen molar-refractivity contribution in [2.45, 2.75) is 15.5 Å². The Morgan fingerprint density at radius 3 is 2.33 bits per heavy atom. The second kappa shape index (κ2) is 8.47. The predicted molar refractivity (Wildman–Crippen MR) is 123 cm³/mol. The first-order valence-corrected chi connectivity index (χ1v) is 12.1. The number of amides is 1. The second-order valence-corrected chi connectivity index (χ2v) is 10.5. The molecule has 0 spiro atoms. The van der Waals surface area contributed by atoms with Crippen LogP contribution in [-0.2, 0) is 20.4 Å². The Kier molecular flexibility index (Phi) is 5.93. The molecule has 8 heteroatoms. The summed E-state index contributed by atoms with van der Waals surface area (Å²) < 4.78 is 25.9. The van der Waals surface area contributed by atoms with Gasteiger partial charge >= 0.3 is 0 Å². The highest BCUT2D eigenvalue weighted by molar-refractivity contribution is 8.04. The number of benzene rings is 3. The third-order valence-electron chi connectivity index (χ3n) is 4.50. The molecule has 0 aromatic heterocycles. The molecule has 1 N–H and O–H groups in total. The monoisotopic (exact) mass is 475 g/mol. The summed E-state index contributed by atoms with van der Waals surface area (Å²) in [6.07, 6.45) is 1.80. The van der Waals surface area contributed by atoms with Crippen molar-refractivity contribution in [3.8, 4) is 0 Å². The van der Waals surface area contributed by atoms with Gasteiger partial charge in [0.15, 0.2) is 9.84 Å². The highest BCUT2D eigenvalue weighted by Gasteiger charge is 2.25. The third-order valence-corrected chi connectivity index (χ3v) is 7.94. The summed E-state index contributed by atoms with van der Waals surface area (Å²) in [5.41, 5.74) is 1.72. The molecule has 4 nitrogen and oxygen atoms in total. The van der Waals surface area contributed by atoms with Crippen LogP contribution in [0.1, 0.15) is 11.1 Å². The predicted octanol–water partition coefficient (Wildman–Crippen LogP) is 6.05. The van der Waals surface area contributed by atoms with Gasteiger partial charge in [0.25, 0.3) is 5.91 Å². The first kappa shape index (κ1) is 21.0. The fourth-order valence-corrected chi connectivity index (χ4v) is 6.03. The largest absolute Gasteiger partial charge is 0.320 e. The zero-order valence-corrected chi connectivity index (χ0v) is 18.6. The zero-order chi connectivity index (χ0) is 21.3. The molecule has 4 rings (SSSR count). The molecule has 1 aliphatic rings. The summed E-state index contributed by atoms with van der Waals surface area (Å²) in [6, 6.07) is 19.1. The minimum absolute atomic E-state index is 0.0913. The third kappa shape index (κ3) is 4.42. The van der Waals surface area contributed by atoms with Crippen molar-refractivity contribution in [1.29, 1.82) is 0 Å². The van der Waals surface area contributed by atoms with Gasteiger partial charge in [0.05, 0.1) is 21.2 Å². The highest BCUT2D eigenvalue weighted by atomic mass is 35.5. The molecule has 0 atom stereocenters. The van der Waals surface area contributed by atoms with Gasteiger partial charge in [-0.2, -0.15) is 0 Å². The molecule has 0 aliphatic carbocycles. The van der Waals surface area contributed by atoms with Crippen molar-refractivity contribution >= 4 is 62.5 Å². The van der Waals surface area contributed by atoms with Crippen molar-refractivity contribution in [2.75, 3.05) is 5.32 Å². The highest BCUT2D eigenvalue weighted by Crippen LogP contribution is 2.40. The molecule has 1 amide bonds. The maximum absolute atomic E-state index is 12.9. The van der Waals surface area contributed by atoms with E-state index in [0.717, 1.165) is 10.5 Å². The van der Waals surface area contributed by atoms with E-state index in [2.05, 4.69) is 5.32 Å². The number of carbonyl (C=O) groups excluding carboxylic acids is 1. The van der Waals surface area contributed by atoms with Crippen molar-refractivity contribution in [3.05, 3.63) is 92.8 Å². The Hall–Kier alpha value is -2.25. The number of fused-ring (bicyclic) bond motifs is 1. The fraction of sp³-hybridized carbons (Fsp3) is 0.0455. The summed E-state index contributed by atoms with van der Waals surface area (Å²) in [4.78, 5) is 13.9. The summed E-state index contributed by atoms with van der Waals surface area (Å²) in [6.45, 7) is 0. The first-order chi connectivity index (χ1) is 14.3. The molecule has 0 saturated carbocycles. The molecule has 0 fully saturated rings. The lowest BCUT2D eigenvalue weighted by molar-refractivity contribution is -0.112. The maximum Gasteiger partial charge on any atom is 0.262 e. The van der Waals surface area contributed by atoms with Gasteiger partial charge in [-0.3, -0.25) is 4.79 Å². The van der Waals surface area contributed by atoms with Gasteiger partial charge in [0, 0.05) is 20.5 Å². The van der Waals surface area contributed by atoms with Gasteiger partial charge < -0.3 is 5.32 Å². The number of sulfone groups is 1. The topological polar surface area (TPSA) is 63.2 Å². The number of rotatable bonds is 4. The first-order valence-electron chi connectivity index (χ1n) is 8.89. The molecule has 3 aromatic rings. The van der Waals surface area contributed by atoms with Gasteiger partial charge in [-0.05, 0) is 42.0 Å². The van der Waals surface area contributed by atoms with Crippen LogP contribution in [0.4, 0.5) is 5.69 Å². The van der Waals surface area contributed by atoms with E-state index in [9.17, 15) is 13.2 Å². The van der Waals surface area contributed by atoms with Crippen molar-refractivity contribution in [1.82, 2.24) is 0 Å². The number of carbonyl (C=O) groups is 1. The number of hydrogen-bond donors (Lipinski definition) is 1. The molecule has 0 saturated heterocycles. The number of halogens is 2. The van der Waals surface area contributed by atoms with E-state index >= 15 is 0 Å². The van der Waals surface area contributed by atoms with E-state index in [-0.39, 0.29) is 16.6 Å². The second-order valence-electron chi connectivity index (χ2n) is 6.59. The van der Waals surface area contributed by atoms with Crippen LogP contribution in [0.25, 0.3) is 6.08 Å². The lowest BCUT2D eigenvalue weighted by atomic mass is 10.2. The van der Waals surface area contributed by atoms with Crippen molar-refractivity contribution < 1.29 is 13.2 Å². The van der Waals surface area contributed by atoms with Crippen LogP contribution in [0, 0.1) is 0 Å². The number of anilines is 1. The number of thioether (sulfide) groups is 1. The van der Waals surface area contributed by atoms with Crippen LogP contribution < -0.4 is 5.32 Å². The van der Waals surface area contributed by atoms with Gasteiger partial charge in [-0.15, -0.1) is 0 Å². The van der Waals surface area contributed by atoms with Crippen LogP contribution in [0.2, 0.25) is 10.0 Å². The van der Waals surface area contributed by atoms with E-state index in [4.69, 9.17) is 23.2 Å². The van der Waals surface area contributed by atoms with Crippen molar-refractivity contribution in [2.24, 2.45) is 0 Å². The van der Waals surface area contributed by atoms with Crippen LogP contribution in [0.5, 0.6) is 0 Å².